The minimum Gasteiger partial charge on any atom is -0.741 e. The van der Waals surface area contributed by atoms with E-state index in [2.05, 4.69) is 4.74 Å². The molecule has 6 nitrogen and oxygen atoms in total. The number of ether oxygens (including phenoxy) is 1. The molecule has 0 spiro atoms. The van der Waals surface area contributed by atoms with Crippen molar-refractivity contribution in [2.24, 2.45) is 0 Å². The van der Waals surface area contributed by atoms with E-state index in [1.165, 1.54) is 12.1 Å². The zero-order valence-electron chi connectivity index (χ0n) is 13.9. The third-order valence-corrected chi connectivity index (χ3v) is 3.30. The highest BCUT2D eigenvalue weighted by Crippen LogP contribution is 2.38. The van der Waals surface area contributed by atoms with Crippen LogP contribution >= 0.6 is 0 Å². The Bertz CT molecular complexity index is 750. The molecule has 0 aromatic heterocycles. The summed E-state index contributed by atoms with van der Waals surface area (Å²) in [5.41, 5.74) is -6.48. The normalized spacial score (nSPS) is 12.9. The van der Waals surface area contributed by atoms with Crippen molar-refractivity contribution in [1.29, 1.82) is 0 Å². The van der Waals surface area contributed by atoms with Crippen molar-refractivity contribution in [2.75, 3.05) is 28.3 Å². The number of benzene rings is 1. The number of hydrogen-bond acceptors (Lipinski definition) is 5. The Balaban J connectivity index is 0.000000660. The van der Waals surface area contributed by atoms with Gasteiger partial charge in [0.05, 0.1) is 33.8 Å². The number of hydrogen-bond donors (Lipinski definition) is 0. The van der Waals surface area contributed by atoms with Crippen LogP contribution in [-0.2, 0) is 21.0 Å². The van der Waals surface area contributed by atoms with E-state index in [0.717, 1.165) is 13.2 Å². The molecule has 0 aliphatic heterocycles. The molecule has 26 heavy (non-hydrogen) atoms. The number of carbonyl (C=O) groups excluding carboxylic acids is 1. The van der Waals surface area contributed by atoms with Crippen LogP contribution in [-0.4, -0.2) is 52.7 Å². The molecule has 0 fully saturated rings. The monoisotopic (exact) mass is 411 g/mol. The van der Waals surface area contributed by atoms with Gasteiger partial charge in [-0.25, -0.2) is 13.2 Å². The first kappa shape index (κ1) is 24.1. The largest absolute Gasteiger partial charge is 0.741 e. The second-order valence-electron chi connectivity index (χ2n) is 5.63. The Morgan fingerprint density at radius 1 is 1.08 bits per heavy atom. The highest BCUT2D eigenvalue weighted by molar-refractivity contribution is 7.86. The van der Waals surface area contributed by atoms with Crippen LogP contribution in [0.5, 0.6) is 0 Å². The summed E-state index contributed by atoms with van der Waals surface area (Å²) in [6.45, 7) is 0. The lowest BCUT2D eigenvalue weighted by Gasteiger charge is -2.27. The standard InChI is InChI=1S/C12H15F3NO2.CHF3O3S/c1-16(2,3)10-6-5-8(11(17)18-4)7-9(10)12(13,14)15;2-1(3,4)8(5,6)7/h5-7H,1-4H3;(H,5,6,7)/q+1;/p-1. The number of alkyl halides is 6. The zero-order valence-corrected chi connectivity index (χ0v) is 14.7. The maximum atomic E-state index is 13.0. The molecular weight excluding hydrogens is 396 g/mol. The quantitative estimate of drug-likeness (QED) is 0.246. The van der Waals surface area contributed by atoms with Gasteiger partial charge in [0.15, 0.2) is 10.1 Å². The van der Waals surface area contributed by atoms with Crippen LogP contribution in [0.4, 0.5) is 32.0 Å². The number of nitrogens with zero attached hydrogens (tertiary/aromatic N) is 1. The van der Waals surface area contributed by atoms with Gasteiger partial charge in [-0.2, -0.15) is 26.3 Å². The van der Waals surface area contributed by atoms with E-state index in [9.17, 15) is 31.1 Å². The van der Waals surface area contributed by atoms with Gasteiger partial charge in [-0.15, -0.1) is 0 Å². The van der Waals surface area contributed by atoms with Gasteiger partial charge < -0.3 is 9.29 Å². The average Bonchev–Trinajstić information content (AvgIpc) is 2.42. The second kappa shape index (κ2) is 7.80. The van der Waals surface area contributed by atoms with Crippen molar-refractivity contribution in [2.45, 2.75) is 11.7 Å². The topological polar surface area (TPSA) is 83.5 Å². The molecule has 0 atom stereocenters. The van der Waals surface area contributed by atoms with Crippen LogP contribution < -0.4 is 4.48 Å². The van der Waals surface area contributed by atoms with E-state index in [1.54, 1.807) is 21.1 Å². The minimum atomic E-state index is -6.09. The number of halogens is 6. The Labute approximate surface area is 145 Å². The smallest absolute Gasteiger partial charge is 0.485 e. The average molecular weight is 411 g/mol. The van der Waals surface area contributed by atoms with E-state index in [-0.39, 0.29) is 15.7 Å². The first-order valence-electron chi connectivity index (χ1n) is 6.46. The molecule has 0 saturated heterocycles. The van der Waals surface area contributed by atoms with E-state index < -0.39 is 33.3 Å². The van der Waals surface area contributed by atoms with Crippen LogP contribution in [0, 0.1) is 0 Å². The molecule has 0 N–H and O–H groups in total. The van der Waals surface area contributed by atoms with Gasteiger partial charge in [-0.3, -0.25) is 4.48 Å². The van der Waals surface area contributed by atoms with Crippen molar-refractivity contribution >= 4 is 21.8 Å². The summed E-state index contributed by atoms with van der Waals surface area (Å²) in [5, 5.41) is 0. The third-order valence-electron chi connectivity index (χ3n) is 2.73. The summed E-state index contributed by atoms with van der Waals surface area (Å²) < 4.78 is 102. The summed E-state index contributed by atoms with van der Waals surface area (Å²) in [6.07, 6.45) is -4.51. The van der Waals surface area contributed by atoms with E-state index in [0.29, 0.717) is 0 Å². The fraction of sp³-hybridized carbons (Fsp3) is 0.462. The number of rotatable bonds is 2. The molecule has 0 radical (unpaired) electrons. The molecule has 0 unspecified atom stereocenters. The Morgan fingerprint density at radius 3 is 1.77 bits per heavy atom. The maximum Gasteiger partial charge on any atom is 0.485 e. The van der Waals surface area contributed by atoms with Gasteiger partial charge in [-0.05, 0) is 12.1 Å². The molecule has 0 saturated carbocycles. The zero-order chi connectivity index (χ0) is 21.1. The molecule has 0 aliphatic rings. The van der Waals surface area contributed by atoms with Gasteiger partial charge in [0.2, 0.25) is 0 Å². The van der Waals surface area contributed by atoms with Crippen molar-refractivity contribution < 1.29 is 48.8 Å². The second-order valence-corrected chi connectivity index (χ2v) is 7.00. The van der Waals surface area contributed by atoms with Crippen molar-refractivity contribution in [3.63, 3.8) is 0 Å². The molecule has 0 heterocycles. The first-order chi connectivity index (χ1) is 11.3. The summed E-state index contributed by atoms with van der Waals surface area (Å²) in [4.78, 5) is 11.3. The number of carbonyl (C=O) groups is 1. The molecule has 0 amide bonds. The predicted molar refractivity (Wildman–Crippen MR) is 78.1 cm³/mol. The summed E-state index contributed by atoms with van der Waals surface area (Å²) in [7, 11) is -0.0799. The van der Waals surface area contributed by atoms with Gasteiger partial charge in [-0.1, -0.05) is 0 Å². The van der Waals surface area contributed by atoms with E-state index >= 15 is 0 Å². The molecule has 0 aliphatic carbocycles. The van der Waals surface area contributed by atoms with Crippen LogP contribution in [0.25, 0.3) is 0 Å². The summed E-state index contributed by atoms with van der Waals surface area (Å²) >= 11 is 0. The van der Waals surface area contributed by atoms with Crippen LogP contribution in [0.2, 0.25) is 0 Å². The Hall–Kier alpha value is -1.86. The molecule has 0 bridgehead atoms. The fourth-order valence-electron chi connectivity index (χ4n) is 1.59. The summed E-state index contributed by atoms with van der Waals surface area (Å²) in [5.74, 6) is -0.784. The van der Waals surface area contributed by atoms with Crippen molar-refractivity contribution in [3.05, 3.63) is 29.3 Å². The maximum absolute atomic E-state index is 13.0. The number of quaternary nitrogens is 1. The van der Waals surface area contributed by atoms with E-state index in [1.807, 2.05) is 0 Å². The molecular formula is C13H15F6NO5S. The fourth-order valence-corrected chi connectivity index (χ4v) is 1.59. The molecule has 1 rings (SSSR count). The molecule has 13 heteroatoms. The van der Waals surface area contributed by atoms with Crippen LogP contribution in [0.15, 0.2) is 18.2 Å². The predicted octanol–water partition coefficient (Wildman–Crippen LogP) is 2.74. The number of esters is 1. The lowest BCUT2D eigenvalue weighted by atomic mass is 10.1. The highest BCUT2D eigenvalue weighted by atomic mass is 32.2. The van der Waals surface area contributed by atoms with E-state index in [4.69, 9.17) is 13.0 Å². The van der Waals surface area contributed by atoms with Gasteiger partial charge in [0.25, 0.3) is 0 Å². The number of methoxy groups -OCH3 is 1. The third kappa shape index (κ3) is 6.80. The van der Waals surface area contributed by atoms with Crippen molar-refractivity contribution in [1.82, 2.24) is 4.48 Å². The highest BCUT2D eigenvalue weighted by Gasteiger charge is 2.39. The van der Waals surface area contributed by atoms with Crippen LogP contribution in [0.3, 0.4) is 0 Å². The van der Waals surface area contributed by atoms with Crippen molar-refractivity contribution in [3.8, 4) is 0 Å². The minimum absolute atomic E-state index is 0.0102. The Morgan fingerprint density at radius 2 is 1.50 bits per heavy atom. The van der Waals surface area contributed by atoms with Crippen LogP contribution in [0.1, 0.15) is 15.9 Å². The first-order valence-corrected chi connectivity index (χ1v) is 7.87. The molecule has 1 aromatic rings. The van der Waals surface area contributed by atoms with Gasteiger partial charge in [0.1, 0.15) is 11.3 Å². The Kier molecular flexibility index (Phi) is 7.24. The van der Waals surface area contributed by atoms with Gasteiger partial charge in [0, 0.05) is 6.07 Å². The lowest BCUT2D eigenvalue weighted by molar-refractivity contribution is -0.137. The molecule has 150 valence electrons. The summed E-state index contributed by atoms with van der Waals surface area (Å²) in [6, 6.07) is 3.46. The lowest BCUT2D eigenvalue weighted by Crippen LogP contribution is -2.37. The van der Waals surface area contributed by atoms with Gasteiger partial charge >= 0.3 is 17.7 Å². The SMILES string of the molecule is COC(=O)c1ccc([N+](C)(C)C)c(C(F)(F)F)c1.O=S(=O)([O-])C(F)(F)F. The molecule has 1 aromatic carbocycles.